The highest BCUT2D eigenvalue weighted by Gasteiger charge is 2.34. The normalized spacial score (nSPS) is 17.5. The molecule has 4 nitrogen and oxygen atoms in total. The lowest BCUT2D eigenvalue weighted by molar-refractivity contribution is -0.150. The summed E-state index contributed by atoms with van der Waals surface area (Å²) in [4.78, 5) is 14.6. The van der Waals surface area contributed by atoms with Crippen LogP contribution in [-0.4, -0.2) is 29.1 Å². The standard InChI is InChI=1S/C19H21NO3/c1-2-23-19(22)18-17-12-16(21)9-8-15(17)10-11-20(18)13-14-6-4-3-5-7-14/h3-9,12,18,21H,2,10-11,13H2,1H3. The molecule has 0 bridgehead atoms. The second-order valence-corrected chi connectivity index (χ2v) is 5.74. The maximum absolute atomic E-state index is 12.5. The van der Waals surface area contributed by atoms with E-state index in [9.17, 15) is 9.90 Å². The van der Waals surface area contributed by atoms with Gasteiger partial charge in [0.05, 0.1) is 6.61 Å². The number of aromatic hydroxyl groups is 1. The minimum Gasteiger partial charge on any atom is -0.508 e. The second kappa shape index (κ2) is 6.84. The van der Waals surface area contributed by atoms with Gasteiger partial charge in [-0.1, -0.05) is 36.4 Å². The average molecular weight is 311 g/mol. The van der Waals surface area contributed by atoms with Crippen LogP contribution in [0.1, 0.15) is 29.7 Å². The highest BCUT2D eigenvalue weighted by atomic mass is 16.5. The van der Waals surface area contributed by atoms with E-state index in [1.165, 1.54) is 0 Å². The van der Waals surface area contributed by atoms with Gasteiger partial charge in [-0.2, -0.15) is 0 Å². The van der Waals surface area contributed by atoms with Gasteiger partial charge in [0.1, 0.15) is 11.8 Å². The van der Waals surface area contributed by atoms with Gasteiger partial charge >= 0.3 is 5.97 Å². The monoisotopic (exact) mass is 311 g/mol. The summed E-state index contributed by atoms with van der Waals surface area (Å²) >= 11 is 0. The summed E-state index contributed by atoms with van der Waals surface area (Å²) < 4.78 is 5.28. The number of hydrogen-bond acceptors (Lipinski definition) is 4. The highest BCUT2D eigenvalue weighted by Crippen LogP contribution is 2.34. The van der Waals surface area contributed by atoms with Crippen LogP contribution in [0.15, 0.2) is 48.5 Å². The van der Waals surface area contributed by atoms with Crippen LogP contribution in [0.25, 0.3) is 0 Å². The van der Waals surface area contributed by atoms with E-state index < -0.39 is 6.04 Å². The van der Waals surface area contributed by atoms with Crippen molar-refractivity contribution in [3.05, 3.63) is 65.2 Å². The zero-order valence-corrected chi connectivity index (χ0v) is 13.2. The average Bonchev–Trinajstić information content (AvgIpc) is 2.55. The summed E-state index contributed by atoms with van der Waals surface area (Å²) in [7, 11) is 0. The minimum absolute atomic E-state index is 0.180. The number of rotatable bonds is 4. The van der Waals surface area contributed by atoms with Gasteiger partial charge in [0.2, 0.25) is 0 Å². The van der Waals surface area contributed by atoms with Crippen LogP contribution < -0.4 is 0 Å². The van der Waals surface area contributed by atoms with E-state index in [0.29, 0.717) is 13.2 Å². The van der Waals surface area contributed by atoms with E-state index in [0.717, 1.165) is 29.7 Å². The van der Waals surface area contributed by atoms with Crippen LogP contribution in [0, 0.1) is 0 Å². The molecular formula is C19H21NO3. The molecule has 1 aliphatic rings. The number of phenols is 1. The molecule has 4 heteroatoms. The third-order valence-corrected chi connectivity index (χ3v) is 4.20. The fourth-order valence-electron chi connectivity index (χ4n) is 3.14. The third kappa shape index (κ3) is 3.37. The molecule has 1 N–H and O–H groups in total. The van der Waals surface area contributed by atoms with E-state index in [-0.39, 0.29) is 11.7 Å². The molecule has 1 heterocycles. The molecule has 23 heavy (non-hydrogen) atoms. The molecule has 2 aromatic rings. The smallest absolute Gasteiger partial charge is 0.328 e. The second-order valence-electron chi connectivity index (χ2n) is 5.74. The van der Waals surface area contributed by atoms with E-state index >= 15 is 0 Å². The number of benzene rings is 2. The first-order valence-electron chi connectivity index (χ1n) is 7.95. The molecule has 120 valence electrons. The van der Waals surface area contributed by atoms with Gasteiger partial charge in [-0.05, 0) is 42.2 Å². The highest BCUT2D eigenvalue weighted by molar-refractivity contribution is 5.79. The van der Waals surface area contributed by atoms with Gasteiger partial charge in [0.15, 0.2) is 0 Å². The van der Waals surface area contributed by atoms with E-state index in [1.54, 1.807) is 12.1 Å². The Morgan fingerprint density at radius 1 is 1.26 bits per heavy atom. The lowest BCUT2D eigenvalue weighted by atomic mass is 9.91. The summed E-state index contributed by atoms with van der Waals surface area (Å²) in [5.74, 6) is -0.0745. The Morgan fingerprint density at radius 2 is 2.04 bits per heavy atom. The Morgan fingerprint density at radius 3 is 2.78 bits per heavy atom. The van der Waals surface area contributed by atoms with Crippen LogP contribution in [0.3, 0.4) is 0 Å². The Labute approximate surface area is 136 Å². The number of nitrogens with zero attached hydrogens (tertiary/aromatic N) is 1. The Kier molecular flexibility index (Phi) is 4.63. The van der Waals surface area contributed by atoms with Crippen molar-refractivity contribution in [1.29, 1.82) is 0 Å². The Balaban J connectivity index is 1.94. The predicted octanol–water partition coefficient (Wildman–Crippen LogP) is 3.05. The maximum Gasteiger partial charge on any atom is 0.328 e. The van der Waals surface area contributed by atoms with Gasteiger partial charge in [-0.3, -0.25) is 4.90 Å². The molecular weight excluding hydrogens is 290 g/mol. The molecule has 0 saturated carbocycles. The molecule has 2 aromatic carbocycles. The zero-order chi connectivity index (χ0) is 16.2. The molecule has 0 aromatic heterocycles. The molecule has 0 aliphatic carbocycles. The molecule has 1 aliphatic heterocycles. The summed E-state index contributed by atoms with van der Waals surface area (Å²) in [5, 5.41) is 9.82. The van der Waals surface area contributed by atoms with Crippen molar-refractivity contribution in [3.63, 3.8) is 0 Å². The summed E-state index contributed by atoms with van der Waals surface area (Å²) in [5.41, 5.74) is 3.11. The first-order valence-corrected chi connectivity index (χ1v) is 7.95. The van der Waals surface area contributed by atoms with Gasteiger partial charge in [0.25, 0.3) is 0 Å². The largest absolute Gasteiger partial charge is 0.508 e. The lowest BCUT2D eigenvalue weighted by Gasteiger charge is -2.35. The number of ether oxygens (including phenoxy) is 1. The summed E-state index contributed by atoms with van der Waals surface area (Å²) in [6.45, 7) is 3.63. The van der Waals surface area contributed by atoms with Crippen molar-refractivity contribution in [3.8, 4) is 5.75 Å². The Hall–Kier alpha value is -2.33. The van der Waals surface area contributed by atoms with Gasteiger partial charge in [-0.25, -0.2) is 4.79 Å². The van der Waals surface area contributed by atoms with E-state index in [2.05, 4.69) is 17.0 Å². The molecule has 1 unspecified atom stereocenters. The molecule has 0 fully saturated rings. The fraction of sp³-hybridized carbons (Fsp3) is 0.316. The maximum atomic E-state index is 12.5. The van der Waals surface area contributed by atoms with E-state index in [4.69, 9.17) is 4.74 Å². The van der Waals surface area contributed by atoms with Crippen molar-refractivity contribution < 1.29 is 14.6 Å². The van der Waals surface area contributed by atoms with Crippen molar-refractivity contribution in [2.75, 3.05) is 13.2 Å². The number of fused-ring (bicyclic) bond motifs is 1. The van der Waals surface area contributed by atoms with Crippen LogP contribution in [-0.2, 0) is 22.5 Å². The molecule has 0 amide bonds. The van der Waals surface area contributed by atoms with Gasteiger partial charge in [0, 0.05) is 13.1 Å². The molecule has 0 radical (unpaired) electrons. The molecule has 3 rings (SSSR count). The van der Waals surface area contributed by atoms with Crippen LogP contribution >= 0.6 is 0 Å². The predicted molar refractivity (Wildman–Crippen MR) is 88.0 cm³/mol. The van der Waals surface area contributed by atoms with Crippen molar-refractivity contribution in [2.24, 2.45) is 0 Å². The summed E-state index contributed by atoms with van der Waals surface area (Å²) in [6, 6.07) is 14.9. The topological polar surface area (TPSA) is 49.8 Å². The van der Waals surface area contributed by atoms with Crippen LogP contribution in [0.2, 0.25) is 0 Å². The fourth-order valence-corrected chi connectivity index (χ4v) is 3.14. The zero-order valence-electron chi connectivity index (χ0n) is 13.2. The first kappa shape index (κ1) is 15.6. The molecule has 1 atom stereocenters. The number of hydrogen-bond donors (Lipinski definition) is 1. The van der Waals surface area contributed by atoms with Crippen LogP contribution in [0.4, 0.5) is 0 Å². The summed E-state index contributed by atoms with van der Waals surface area (Å²) in [6.07, 6.45) is 0.859. The van der Waals surface area contributed by atoms with Crippen molar-refractivity contribution >= 4 is 5.97 Å². The van der Waals surface area contributed by atoms with Gasteiger partial charge in [-0.15, -0.1) is 0 Å². The Bertz CT molecular complexity index is 684. The van der Waals surface area contributed by atoms with Crippen LogP contribution in [0.5, 0.6) is 5.75 Å². The first-order chi connectivity index (χ1) is 11.2. The molecule has 0 spiro atoms. The van der Waals surface area contributed by atoms with E-state index in [1.807, 2.05) is 31.2 Å². The molecule has 0 saturated heterocycles. The third-order valence-electron chi connectivity index (χ3n) is 4.20. The number of carbonyl (C=O) groups is 1. The quantitative estimate of drug-likeness (QED) is 0.882. The number of carbonyl (C=O) groups excluding carboxylic acids is 1. The van der Waals surface area contributed by atoms with Crippen molar-refractivity contribution in [2.45, 2.75) is 25.9 Å². The van der Waals surface area contributed by atoms with Gasteiger partial charge < -0.3 is 9.84 Å². The van der Waals surface area contributed by atoms with Crippen molar-refractivity contribution in [1.82, 2.24) is 4.90 Å². The number of phenolic OH excluding ortho intramolecular Hbond substituents is 1. The minimum atomic E-state index is -0.467. The SMILES string of the molecule is CCOC(=O)C1c2cc(O)ccc2CCN1Cc1ccccc1. The lowest BCUT2D eigenvalue weighted by Crippen LogP contribution is -2.40. The number of esters is 1.